The van der Waals surface area contributed by atoms with E-state index >= 15 is 0 Å². The van der Waals surface area contributed by atoms with Gasteiger partial charge < -0.3 is 19.7 Å². The van der Waals surface area contributed by atoms with E-state index in [-0.39, 0.29) is 16.1 Å². The maximum atomic E-state index is 12.9. The van der Waals surface area contributed by atoms with Crippen molar-refractivity contribution in [2.24, 2.45) is 0 Å². The second-order valence-corrected chi connectivity index (χ2v) is 8.63. The molecule has 3 rings (SSSR count). The Labute approximate surface area is 187 Å². The van der Waals surface area contributed by atoms with E-state index in [0.717, 1.165) is 24.3 Å². The highest BCUT2D eigenvalue weighted by Gasteiger charge is 2.28. The monoisotopic (exact) mass is 478 g/mol. The van der Waals surface area contributed by atoms with Crippen molar-refractivity contribution in [3.05, 3.63) is 76.3 Å². The average molecular weight is 478 g/mol. The van der Waals surface area contributed by atoms with Gasteiger partial charge in [-0.15, -0.1) is 4.73 Å². The first-order chi connectivity index (χ1) is 15.6. The summed E-state index contributed by atoms with van der Waals surface area (Å²) in [6.07, 6.45) is -2.88. The summed E-state index contributed by atoms with van der Waals surface area (Å²) in [6.45, 7) is 0. The predicted molar refractivity (Wildman–Crippen MR) is 112 cm³/mol. The minimum absolute atomic E-state index is 0.0760. The summed E-state index contributed by atoms with van der Waals surface area (Å²) in [4.78, 5) is 27.2. The fourth-order valence-electron chi connectivity index (χ4n) is 2.80. The highest BCUT2D eigenvalue weighted by molar-refractivity contribution is 7.91. The molecule has 0 fully saturated rings. The number of rotatable bonds is 8. The minimum Gasteiger partial charge on any atom is -0.497 e. The van der Waals surface area contributed by atoms with Gasteiger partial charge in [-0.2, -0.15) is 0 Å². The molecule has 0 aliphatic carbocycles. The van der Waals surface area contributed by atoms with Gasteiger partial charge in [-0.25, -0.2) is 13.2 Å². The van der Waals surface area contributed by atoms with Crippen molar-refractivity contribution in [1.29, 1.82) is 0 Å². The molecular formula is C20H18N2O10S. The number of non-ortho nitro benzene ring substituents is 1. The van der Waals surface area contributed by atoms with Crippen LogP contribution in [0.1, 0.15) is 11.7 Å². The van der Waals surface area contributed by atoms with Crippen molar-refractivity contribution >= 4 is 21.7 Å². The maximum Gasteiger partial charge on any atom is 0.534 e. The van der Waals surface area contributed by atoms with Crippen molar-refractivity contribution in [1.82, 2.24) is 4.73 Å². The molecule has 2 N–H and O–H groups in total. The smallest absolute Gasteiger partial charge is 0.497 e. The van der Waals surface area contributed by atoms with Gasteiger partial charge in [-0.1, -0.05) is 0 Å². The minimum atomic E-state index is -4.01. The third-order valence-electron chi connectivity index (χ3n) is 4.47. The summed E-state index contributed by atoms with van der Waals surface area (Å²) in [7, 11) is -2.59. The van der Waals surface area contributed by atoms with Gasteiger partial charge in [-0.05, 0) is 42.0 Å². The SMILES string of the molecule is COc1ccc(S(=O)(=O)CC(OC(=O)On2c(O)ccc2O)c2ccc([N+](=O)[O-])cc2)cc1. The van der Waals surface area contributed by atoms with Gasteiger partial charge in [0.2, 0.25) is 11.8 Å². The first-order valence-corrected chi connectivity index (χ1v) is 10.9. The molecule has 0 aliphatic heterocycles. The van der Waals surface area contributed by atoms with Crippen LogP contribution in [0.15, 0.2) is 65.6 Å². The lowest BCUT2D eigenvalue weighted by atomic mass is 10.1. The summed E-state index contributed by atoms with van der Waals surface area (Å²) in [5.74, 6) is -1.51. The van der Waals surface area contributed by atoms with E-state index < -0.39 is 44.5 Å². The molecule has 12 nitrogen and oxygen atoms in total. The van der Waals surface area contributed by atoms with Crippen LogP contribution < -0.4 is 9.57 Å². The third-order valence-corrected chi connectivity index (χ3v) is 6.20. The second kappa shape index (κ2) is 9.48. The number of aromatic hydroxyl groups is 2. The molecule has 0 saturated heterocycles. The van der Waals surface area contributed by atoms with Gasteiger partial charge >= 0.3 is 6.16 Å². The van der Waals surface area contributed by atoms with Crippen LogP contribution >= 0.6 is 0 Å². The van der Waals surface area contributed by atoms with Gasteiger partial charge in [0, 0.05) is 24.3 Å². The molecule has 33 heavy (non-hydrogen) atoms. The molecular weight excluding hydrogens is 460 g/mol. The zero-order valence-corrected chi connectivity index (χ0v) is 17.8. The number of aromatic nitrogens is 1. The molecule has 13 heteroatoms. The second-order valence-electron chi connectivity index (χ2n) is 6.60. The average Bonchev–Trinajstić information content (AvgIpc) is 3.10. The van der Waals surface area contributed by atoms with Crippen LogP contribution in [0.2, 0.25) is 0 Å². The highest BCUT2D eigenvalue weighted by atomic mass is 32.2. The summed E-state index contributed by atoms with van der Waals surface area (Å²) in [6, 6.07) is 12.3. The Morgan fingerprint density at radius 2 is 1.61 bits per heavy atom. The van der Waals surface area contributed by atoms with Gasteiger partial charge in [0.25, 0.3) is 5.69 Å². The van der Waals surface area contributed by atoms with E-state index in [2.05, 4.69) is 0 Å². The molecule has 0 aliphatic rings. The van der Waals surface area contributed by atoms with Crippen molar-refractivity contribution in [2.75, 3.05) is 12.9 Å². The largest absolute Gasteiger partial charge is 0.534 e. The van der Waals surface area contributed by atoms with Gasteiger partial charge in [-0.3, -0.25) is 15.0 Å². The van der Waals surface area contributed by atoms with Crippen LogP contribution in [-0.4, -0.2) is 47.3 Å². The van der Waals surface area contributed by atoms with Crippen LogP contribution in [-0.2, 0) is 14.6 Å². The van der Waals surface area contributed by atoms with E-state index in [0.29, 0.717) is 10.5 Å². The molecule has 1 atom stereocenters. The first kappa shape index (κ1) is 23.4. The van der Waals surface area contributed by atoms with Crippen LogP contribution in [0, 0.1) is 10.1 Å². The molecule has 0 saturated carbocycles. The van der Waals surface area contributed by atoms with Crippen molar-refractivity contribution in [3.63, 3.8) is 0 Å². The Kier molecular flexibility index (Phi) is 6.72. The molecule has 1 unspecified atom stereocenters. The van der Waals surface area contributed by atoms with Crippen LogP contribution in [0.4, 0.5) is 10.5 Å². The molecule has 0 spiro atoms. The maximum absolute atomic E-state index is 12.9. The Morgan fingerprint density at radius 3 is 2.12 bits per heavy atom. The molecule has 2 aromatic carbocycles. The zero-order valence-electron chi connectivity index (χ0n) is 17.0. The van der Waals surface area contributed by atoms with E-state index in [1.165, 1.54) is 43.5 Å². The lowest BCUT2D eigenvalue weighted by Gasteiger charge is -2.18. The number of nitro benzene ring substituents is 1. The molecule has 1 heterocycles. The molecule has 3 aromatic rings. The van der Waals surface area contributed by atoms with Crippen LogP contribution in [0.5, 0.6) is 17.5 Å². The van der Waals surface area contributed by atoms with Crippen LogP contribution in [0.3, 0.4) is 0 Å². The number of carbonyl (C=O) groups is 1. The molecule has 0 amide bonds. The van der Waals surface area contributed by atoms with Gasteiger partial charge in [0.05, 0.1) is 22.7 Å². The summed E-state index contributed by atoms with van der Waals surface area (Å²) in [5, 5.41) is 30.1. The standard InChI is InChI=1S/C20H18N2O10S/c1-30-15-6-8-16(9-7-15)33(28,29)12-17(13-2-4-14(5-3-13)22(26)27)31-20(25)32-21-18(23)10-11-19(21)24/h2-11,17,23-24H,12H2,1H3. The number of carbonyl (C=O) groups excluding carboxylic acids is 1. The number of methoxy groups -OCH3 is 1. The summed E-state index contributed by atoms with van der Waals surface area (Å²) >= 11 is 0. The third kappa shape index (κ3) is 5.51. The number of sulfone groups is 1. The molecule has 174 valence electrons. The Bertz CT molecular complexity index is 1230. The van der Waals surface area contributed by atoms with Gasteiger partial charge in [0.1, 0.15) is 11.9 Å². The van der Waals surface area contributed by atoms with Crippen molar-refractivity contribution in [2.45, 2.75) is 11.0 Å². The first-order valence-electron chi connectivity index (χ1n) is 9.20. The Hall–Kier alpha value is -4.26. The van der Waals surface area contributed by atoms with Crippen LogP contribution in [0.25, 0.3) is 0 Å². The van der Waals surface area contributed by atoms with E-state index in [1.54, 1.807) is 0 Å². The fourth-order valence-corrected chi connectivity index (χ4v) is 4.20. The molecule has 1 aromatic heterocycles. The van der Waals surface area contributed by atoms with Crippen molar-refractivity contribution in [3.8, 4) is 17.5 Å². The highest BCUT2D eigenvalue weighted by Crippen LogP contribution is 2.27. The van der Waals surface area contributed by atoms with Crippen molar-refractivity contribution < 1.29 is 42.7 Å². The number of hydrogen-bond donors (Lipinski definition) is 2. The van der Waals surface area contributed by atoms with E-state index in [1.807, 2.05) is 0 Å². The number of hydrogen-bond acceptors (Lipinski definition) is 10. The Balaban J connectivity index is 1.88. The quantitative estimate of drug-likeness (QED) is 0.279. The number of nitro groups is 1. The van der Waals surface area contributed by atoms with Gasteiger partial charge in [0.15, 0.2) is 9.84 Å². The lowest BCUT2D eigenvalue weighted by Crippen LogP contribution is -2.26. The summed E-state index contributed by atoms with van der Waals surface area (Å²) in [5.41, 5.74) is -0.115. The topological polar surface area (TPSA) is 167 Å². The van der Waals surface area contributed by atoms with E-state index in [4.69, 9.17) is 14.3 Å². The van der Waals surface area contributed by atoms with E-state index in [9.17, 15) is 33.5 Å². The predicted octanol–water partition coefficient (Wildman–Crippen LogP) is 2.60. The number of benzene rings is 2. The number of nitrogens with zero attached hydrogens (tertiary/aromatic N) is 2. The summed E-state index contributed by atoms with van der Waals surface area (Å²) < 4.78 is 36.4. The number of ether oxygens (including phenoxy) is 2. The Morgan fingerprint density at radius 1 is 1.03 bits per heavy atom. The molecule has 0 bridgehead atoms. The fraction of sp³-hybridized carbons (Fsp3) is 0.150. The normalized spacial score (nSPS) is 12.0. The lowest BCUT2D eigenvalue weighted by molar-refractivity contribution is -0.384. The zero-order chi connectivity index (χ0) is 24.2. The molecule has 0 radical (unpaired) electrons.